The van der Waals surface area contributed by atoms with Crippen LogP contribution in [0.2, 0.25) is 0 Å². The third-order valence-electron chi connectivity index (χ3n) is 3.95. The van der Waals surface area contributed by atoms with Gasteiger partial charge in [0.15, 0.2) is 0 Å². The first-order valence-electron chi connectivity index (χ1n) is 8.35. The summed E-state index contributed by atoms with van der Waals surface area (Å²) >= 11 is 0. The van der Waals surface area contributed by atoms with Crippen molar-refractivity contribution in [3.05, 3.63) is 59.8 Å². The second-order valence-electron chi connectivity index (χ2n) is 6.35. The molecule has 26 heavy (non-hydrogen) atoms. The molecule has 0 bridgehead atoms. The van der Waals surface area contributed by atoms with Gasteiger partial charge in [-0.2, -0.15) is 0 Å². The SMILES string of the molecule is Cc1ccc(CN(CCN(C)C)C(=O)c2cccc(-n3cnnn3)c2)o1. The molecule has 0 saturated heterocycles. The normalized spacial score (nSPS) is 11.1. The molecule has 2 aromatic heterocycles. The minimum Gasteiger partial charge on any atom is -0.464 e. The highest BCUT2D eigenvalue weighted by molar-refractivity contribution is 5.94. The van der Waals surface area contributed by atoms with Gasteiger partial charge < -0.3 is 14.2 Å². The lowest BCUT2D eigenvalue weighted by molar-refractivity contribution is 0.0719. The molecule has 136 valence electrons. The van der Waals surface area contributed by atoms with E-state index in [4.69, 9.17) is 4.42 Å². The van der Waals surface area contributed by atoms with Crippen LogP contribution in [0, 0.1) is 6.92 Å². The third kappa shape index (κ3) is 4.34. The van der Waals surface area contributed by atoms with Crippen molar-refractivity contribution in [2.45, 2.75) is 13.5 Å². The lowest BCUT2D eigenvalue weighted by atomic mass is 10.1. The lowest BCUT2D eigenvalue weighted by Crippen LogP contribution is -2.36. The first kappa shape index (κ1) is 17.8. The summed E-state index contributed by atoms with van der Waals surface area (Å²) in [4.78, 5) is 16.9. The molecule has 0 aliphatic rings. The lowest BCUT2D eigenvalue weighted by Gasteiger charge is -2.24. The molecule has 0 aliphatic carbocycles. The van der Waals surface area contributed by atoms with Gasteiger partial charge in [-0.3, -0.25) is 4.79 Å². The number of likely N-dealkylation sites (N-methyl/N-ethyl adjacent to an activating group) is 1. The van der Waals surface area contributed by atoms with Crippen LogP contribution >= 0.6 is 0 Å². The quantitative estimate of drug-likeness (QED) is 0.643. The molecule has 2 heterocycles. The van der Waals surface area contributed by atoms with E-state index in [9.17, 15) is 4.79 Å². The predicted octanol–water partition coefficient (Wildman–Crippen LogP) is 1.77. The molecule has 1 amide bonds. The topological polar surface area (TPSA) is 80.3 Å². The zero-order valence-electron chi connectivity index (χ0n) is 15.2. The molecule has 0 unspecified atom stereocenters. The zero-order chi connectivity index (χ0) is 18.5. The number of furan rings is 1. The maximum absolute atomic E-state index is 13.1. The summed E-state index contributed by atoms with van der Waals surface area (Å²) in [6.45, 7) is 3.68. The summed E-state index contributed by atoms with van der Waals surface area (Å²) < 4.78 is 7.18. The van der Waals surface area contributed by atoms with E-state index < -0.39 is 0 Å². The number of nitrogens with zero attached hydrogens (tertiary/aromatic N) is 6. The Labute approximate surface area is 152 Å². The van der Waals surface area contributed by atoms with Crippen LogP contribution in [-0.2, 0) is 6.54 Å². The third-order valence-corrected chi connectivity index (χ3v) is 3.95. The largest absolute Gasteiger partial charge is 0.464 e. The van der Waals surface area contributed by atoms with Gasteiger partial charge in [-0.1, -0.05) is 6.07 Å². The van der Waals surface area contributed by atoms with Gasteiger partial charge in [-0.25, -0.2) is 4.68 Å². The Bertz CT molecular complexity index is 856. The highest BCUT2D eigenvalue weighted by Gasteiger charge is 2.18. The number of carbonyl (C=O) groups excluding carboxylic acids is 1. The van der Waals surface area contributed by atoms with Gasteiger partial charge in [0.05, 0.1) is 12.2 Å². The molecular formula is C18H22N6O2. The number of rotatable bonds is 7. The van der Waals surface area contributed by atoms with Gasteiger partial charge in [0.25, 0.3) is 5.91 Å². The molecule has 0 N–H and O–H groups in total. The van der Waals surface area contributed by atoms with Crippen molar-refractivity contribution in [2.75, 3.05) is 27.2 Å². The van der Waals surface area contributed by atoms with Crippen LogP contribution in [0.25, 0.3) is 5.69 Å². The molecule has 0 radical (unpaired) electrons. The smallest absolute Gasteiger partial charge is 0.254 e. The fourth-order valence-electron chi connectivity index (χ4n) is 2.57. The molecular weight excluding hydrogens is 332 g/mol. The number of amides is 1. The number of aryl methyl sites for hydroxylation is 1. The molecule has 0 aliphatic heterocycles. The Morgan fingerprint density at radius 1 is 1.19 bits per heavy atom. The molecule has 8 heteroatoms. The van der Waals surface area contributed by atoms with E-state index in [0.29, 0.717) is 18.7 Å². The van der Waals surface area contributed by atoms with Crippen LogP contribution in [-0.4, -0.2) is 63.1 Å². The Morgan fingerprint density at radius 3 is 2.69 bits per heavy atom. The average molecular weight is 354 g/mol. The van der Waals surface area contributed by atoms with E-state index in [0.717, 1.165) is 23.8 Å². The van der Waals surface area contributed by atoms with Crippen LogP contribution in [0.1, 0.15) is 21.9 Å². The monoisotopic (exact) mass is 354 g/mol. The van der Waals surface area contributed by atoms with Gasteiger partial charge >= 0.3 is 0 Å². The maximum Gasteiger partial charge on any atom is 0.254 e. The van der Waals surface area contributed by atoms with Crippen LogP contribution in [0.15, 0.2) is 47.1 Å². The van der Waals surface area contributed by atoms with Crippen molar-refractivity contribution < 1.29 is 9.21 Å². The maximum atomic E-state index is 13.1. The number of benzene rings is 1. The molecule has 0 spiro atoms. The molecule has 1 aromatic carbocycles. The Morgan fingerprint density at radius 2 is 2.04 bits per heavy atom. The standard InChI is InChI=1S/C18H22N6O2/c1-14-7-8-17(26-14)12-23(10-9-22(2)3)18(25)15-5-4-6-16(11-15)24-13-19-20-21-24/h4-8,11,13H,9-10,12H2,1-3H3. The molecule has 8 nitrogen and oxygen atoms in total. The van der Waals surface area contributed by atoms with Crippen molar-refractivity contribution in [2.24, 2.45) is 0 Å². The summed E-state index contributed by atoms with van der Waals surface area (Å²) in [5.41, 5.74) is 1.32. The summed E-state index contributed by atoms with van der Waals surface area (Å²) in [7, 11) is 3.97. The number of tetrazole rings is 1. The van der Waals surface area contributed by atoms with Gasteiger partial charge in [-0.15, -0.1) is 5.10 Å². The fraction of sp³-hybridized carbons (Fsp3) is 0.333. The number of hydrogen-bond donors (Lipinski definition) is 0. The second-order valence-corrected chi connectivity index (χ2v) is 6.35. The summed E-state index contributed by atoms with van der Waals surface area (Å²) in [6.07, 6.45) is 1.50. The van der Waals surface area contributed by atoms with Gasteiger partial charge in [0, 0.05) is 18.7 Å². The average Bonchev–Trinajstić information content (AvgIpc) is 3.30. The van der Waals surface area contributed by atoms with Crippen molar-refractivity contribution >= 4 is 5.91 Å². The molecule has 3 rings (SSSR count). The van der Waals surface area contributed by atoms with E-state index in [1.54, 1.807) is 17.0 Å². The van der Waals surface area contributed by atoms with Crippen LogP contribution in [0.3, 0.4) is 0 Å². The molecule has 0 fully saturated rings. The van der Waals surface area contributed by atoms with Crippen molar-refractivity contribution in [3.63, 3.8) is 0 Å². The van der Waals surface area contributed by atoms with E-state index in [1.165, 1.54) is 11.0 Å². The Hall–Kier alpha value is -3.00. The highest BCUT2D eigenvalue weighted by Crippen LogP contribution is 2.15. The van der Waals surface area contributed by atoms with E-state index >= 15 is 0 Å². The molecule has 3 aromatic rings. The zero-order valence-corrected chi connectivity index (χ0v) is 15.2. The highest BCUT2D eigenvalue weighted by atomic mass is 16.3. The molecule has 0 atom stereocenters. The van der Waals surface area contributed by atoms with Crippen molar-refractivity contribution in [3.8, 4) is 5.69 Å². The summed E-state index contributed by atoms with van der Waals surface area (Å²) in [6, 6.07) is 11.1. The van der Waals surface area contributed by atoms with Gasteiger partial charge in [-0.05, 0) is 61.8 Å². The number of hydrogen-bond acceptors (Lipinski definition) is 6. The van der Waals surface area contributed by atoms with Gasteiger partial charge in [0.1, 0.15) is 17.8 Å². The summed E-state index contributed by atoms with van der Waals surface area (Å²) in [5.74, 6) is 1.54. The second kappa shape index (κ2) is 7.92. The van der Waals surface area contributed by atoms with Crippen molar-refractivity contribution in [1.82, 2.24) is 30.0 Å². The predicted molar refractivity (Wildman–Crippen MR) is 95.9 cm³/mol. The number of carbonyl (C=O) groups is 1. The first-order valence-corrected chi connectivity index (χ1v) is 8.35. The van der Waals surface area contributed by atoms with Crippen molar-refractivity contribution in [1.29, 1.82) is 0 Å². The van der Waals surface area contributed by atoms with E-state index in [2.05, 4.69) is 15.5 Å². The fourth-order valence-corrected chi connectivity index (χ4v) is 2.57. The van der Waals surface area contributed by atoms with E-state index in [1.807, 2.05) is 50.2 Å². The Balaban J connectivity index is 1.83. The molecule has 0 saturated carbocycles. The van der Waals surface area contributed by atoms with Crippen LogP contribution in [0.5, 0.6) is 0 Å². The minimum atomic E-state index is -0.0594. The minimum absolute atomic E-state index is 0.0594. The Kier molecular flexibility index (Phi) is 5.43. The van der Waals surface area contributed by atoms with E-state index in [-0.39, 0.29) is 5.91 Å². The first-order chi connectivity index (χ1) is 12.5. The number of aromatic nitrogens is 4. The summed E-state index contributed by atoms with van der Waals surface area (Å²) in [5, 5.41) is 11.1. The van der Waals surface area contributed by atoms with Crippen LogP contribution < -0.4 is 0 Å². The van der Waals surface area contributed by atoms with Gasteiger partial charge in [0.2, 0.25) is 0 Å². The van der Waals surface area contributed by atoms with Crippen LogP contribution in [0.4, 0.5) is 0 Å².